The molecule has 3 aromatic rings. The number of rotatable bonds is 5. The number of anilines is 1. The van der Waals surface area contributed by atoms with E-state index >= 15 is 0 Å². The van der Waals surface area contributed by atoms with Crippen molar-refractivity contribution in [2.45, 2.75) is 46.1 Å². The van der Waals surface area contributed by atoms with Crippen molar-refractivity contribution in [2.24, 2.45) is 0 Å². The molecule has 5 nitrogen and oxygen atoms in total. The summed E-state index contributed by atoms with van der Waals surface area (Å²) in [6, 6.07) is 16.0. The molecule has 1 aliphatic heterocycles. The summed E-state index contributed by atoms with van der Waals surface area (Å²) in [4.78, 5) is 20.1. The number of carbonyl (C=O) groups excluding carboxylic acids is 1. The number of aryl methyl sites for hydroxylation is 1. The minimum Gasteiger partial charge on any atom is -0.492 e. The van der Waals surface area contributed by atoms with Crippen LogP contribution in [0.4, 0.5) is 5.69 Å². The van der Waals surface area contributed by atoms with Crippen LogP contribution in [0, 0.1) is 6.92 Å². The van der Waals surface area contributed by atoms with E-state index < -0.39 is 0 Å². The Morgan fingerprint density at radius 1 is 1.10 bits per heavy atom. The third kappa shape index (κ3) is 3.84. The van der Waals surface area contributed by atoms with Gasteiger partial charge in [0.05, 0.1) is 18.0 Å². The maximum atomic E-state index is 13.6. The van der Waals surface area contributed by atoms with Crippen molar-refractivity contribution >= 4 is 11.6 Å². The van der Waals surface area contributed by atoms with E-state index in [0.717, 1.165) is 48.6 Å². The molecular formula is C25H29N3O2. The van der Waals surface area contributed by atoms with Crippen molar-refractivity contribution in [3.05, 3.63) is 65.5 Å². The highest BCUT2D eigenvalue weighted by Crippen LogP contribution is 2.31. The molecule has 0 aliphatic carbocycles. The van der Waals surface area contributed by atoms with E-state index in [2.05, 4.69) is 35.8 Å². The summed E-state index contributed by atoms with van der Waals surface area (Å²) in [6.45, 7) is 5.48. The third-order valence-electron chi connectivity index (χ3n) is 5.71. The molecule has 0 atom stereocenters. The van der Waals surface area contributed by atoms with E-state index in [-0.39, 0.29) is 5.91 Å². The Hall–Kier alpha value is -3.08. The summed E-state index contributed by atoms with van der Waals surface area (Å²) in [7, 11) is 1.80. The molecule has 4 rings (SSSR count). The molecule has 0 N–H and O–H groups in total. The minimum absolute atomic E-state index is 0.0915. The van der Waals surface area contributed by atoms with E-state index in [0.29, 0.717) is 18.1 Å². The molecule has 0 spiro atoms. The summed E-state index contributed by atoms with van der Waals surface area (Å²) in [5, 5.41) is 0. The topological polar surface area (TPSA) is 47.4 Å². The van der Waals surface area contributed by atoms with Crippen molar-refractivity contribution in [1.82, 2.24) is 9.55 Å². The van der Waals surface area contributed by atoms with Gasteiger partial charge in [-0.2, -0.15) is 0 Å². The largest absolute Gasteiger partial charge is 0.492 e. The Morgan fingerprint density at radius 2 is 1.87 bits per heavy atom. The highest BCUT2D eigenvalue weighted by Gasteiger charge is 2.27. The number of fused-ring (bicyclic) bond motifs is 1. The van der Waals surface area contributed by atoms with Gasteiger partial charge in [-0.15, -0.1) is 0 Å². The molecular weight excluding hydrogens is 374 g/mol. The zero-order valence-corrected chi connectivity index (χ0v) is 18.0. The van der Waals surface area contributed by atoms with Crippen LogP contribution in [-0.4, -0.2) is 29.1 Å². The summed E-state index contributed by atoms with van der Waals surface area (Å²) in [6.07, 6.45) is 4.24. The Balaban J connectivity index is 1.77. The van der Waals surface area contributed by atoms with Gasteiger partial charge in [0.15, 0.2) is 5.69 Å². The van der Waals surface area contributed by atoms with Crippen LogP contribution in [0.5, 0.6) is 5.75 Å². The lowest BCUT2D eigenvalue weighted by Gasteiger charge is -2.20. The van der Waals surface area contributed by atoms with Gasteiger partial charge in [-0.25, -0.2) is 4.98 Å². The first-order chi connectivity index (χ1) is 14.6. The highest BCUT2D eigenvalue weighted by atomic mass is 16.5. The number of benzene rings is 2. The van der Waals surface area contributed by atoms with Crippen molar-refractivity contribution in [3.8, 4) is 17.1 Å². The van der Waals surface area contributed by atoms with E-state index in [1.807, 2.05) is 31.2 Å². The summed E-state index contributed by atoms with van der Waals surface area (Å²) in [5.74, 6) is 1.51. The second-order valence-electron chi connectivity index (χ2n) is 7.82. The first-order valence-corrected chi connectivity index (χ1v) is 10.8. The van der Waals surface area contributed by atoms with Crippen LogP contribution in [0.15, 0.2) is 48.5 Å². The quantitative estimate of drug-likeness (QED) is 0.584. The molecule has 156 valence electrons. The van der Waals surface area contributed by atoms with Crippen LogP contribution in [0.2, 0.25) is 0 Å². The normalized spacial score (nSPS) is 13.4. The fourth-order valence-corrected chi connectivity index (χ4v) is 4.09. The number of ether oxygens (including phenoxy) is 1. The van der Waals surface area contributed by atoms with Crippen LogP contribution < -0.4 is 9.64 Å². The standard InChI is InChI=1S/C25H29N3O2/c1-4-30-22-12-8-7-10-20(22)27(3)25(29)23-21-11-6-5-9-17-28(21)24(26-23)19-15-13-18(2)14-16-19/h7-8,10,12-16H,4-6,9,11,17H2,1-3H3. The number of hydrogen-bond donors (Lipinski definition) is 0. The van der Waals surface area contributed by atoms with Crippen molar-refractivity contribution in [1.29, 1.82) is 0 Å². The first-order valence-electron chi connectivity index (χ1n) is 10.8. The molecule has 30 heavy (non-hydrogen) atoms. The highest BCUT2D eigenvalue weighted by molar-refractivity contribution is 6.06. The monoisotopic (exact) mass is 403 g/mol. The maximum Gasteiger partial charge on any atom is 0.278 e. The molecule has 0 fully saturated rings. The van der Waals surface area contributed by atoms with Crippen molar-refractivity contribution in [3.63, 3.8) is 0 Å². The van der Waals surface area contributed by atoms with E-state index in [9.17, 15) is 4.79 Å². The van der Waals surface area contributed by atoms with E-state index in [1.54, 1.807) is 11.9 Å². The van der Waals surface area contributed by atoms with Crippen LogP contribution in [-0.2, 0) is 13.0 Å². The number of hydrogen-bond acceptors (Lipinski definition) is 3. The van der Waals surface area contributed by atoms with Gasteiger partial charge in [0.1, 0.15) is 11.6 Å². The molecule has 1 amide bonds. The zero-order chi connectivity index (χ0) is 21.1. The van der Waals surface area contributed by atoms with Crippen molar-refractivity contribution in [2.75, 3.05) is 18.6 Å². The summed E-state index contributed by atoms with van der Waals surface area (Å²) in [5.41, 5.74) is 4.64. The summed E-state index contributed by atoms with van der Waals surface area (Å²) >= 11 is 0. The maximum absolute atomic E-state index is 13.6. The molecule has 0 saturated carbocycles. The fraction of sp³-hybridized carbons (Fsp3) is 0.360. The predicted octanol–water partition coefficient (Wildman–Crippen LogP) is 5.26. The van der Waals surface area contributed by atoms with Gasteiger partial charge in [0.25, 0.3) is 5.91 Å². The lowest BCUT2D eigenvalue weighted by Crippen LogP contribution is -2.28. The first kappa shape index (κ1) is 20.2. The molecule has 5 heteroatoms. The fourth-order valence-electron chi connectivity index (χ4n) is 4.09. The van der Waals surface area contributed by atoms with Gasteiger partial charge < -0.3 is 14.2 Å². The lowest BCUT2D eigenvalue weighted by atomic mass is 10.1. The number of nitrogens with zero attached hydrogens (tertiary/aromatic N) is 3. The Labute approximate surface area is 178 Å². The molecule has 0 saturated heterocycles. The zero-order valence-electron chi connectivity index (χ0n) is 18.0. The third-order valence-corrected chi connectivity index (χ3v) is 5.71. The molecule has 0 unspecified atom stereocenters. The number of amides is 1. The molecule has 0 radical (unpaired) electrons. The van der Waals surface area contributed by atoms with Crippen LogP contribution in [0.1, 0.15) is 47.9 Å². The number of carbonyl (C=O) groups is 1. The van der Waals surface area contributed by atoms with Gasteiger partial charge in [0.2, 0.25) is 0 Å². The smallest absolute Gasteiger partial charge is 0.278 e. The van der Waals surface area contributed by atoms with E-state index in [4.69, 9.17) is 9.72 Å². The second-order valence-corrected chi connectivity index (χ2v) is 7.82. The van der Waals surface area contributed by atoms with E-state index in [1.165, 1.54) is 12.0 Å². The second kappa shape index (κ2) is 8.74. The molecule has 2 aromatic carbocycles. The van der Waals surface area contributed by atoms with Crippen LogP contribution in [0.25, 0.3) is 11.4 Å². The van der Waals surface area contributed by atoms with Crippen LogP contribution in [0.3, 0.4) is 0 Å². The average Bonchev–Trinajstić information content (AvgIpc) is 2.94. The van der Waals surface area contributed by atoms with Crippen molar-refractivity contribution < 1.29 is 9.53 Å². The van der Waals surface area contributed by atoms with Gasteiger partial charge >= 0.3 is 0 Å². The molecule has 1 aliphatic rings. The average molecular weight is 404 g/mol. The SMILES string of the molecule is CCOc1ccccc1N(C)C(=O)c1nc(-c2ccc(C)cc2)n2c1CCCCC2. The Kier molecular flexibility index (Phi) is 5.88. The lowest BCUT2D eigenvalue weighted by molar-refractivity contribution is 0.0987. The van der Waals surface area contributed by atoms with Gasteiger partial charge in [-0.05, 0) is 45.2 Å². The predicted molar refractivity (Wildman–Crippen MR) is 120 cm³/mol. The molecule has 1 aromatic heterocycles. The minimum atomic E-state index is -0.0915. The van der Waals surface area contributed by atoms with Gasteiger partial charge in [-0.1, -0.05) is 48.4 Å². The molecule has 0 bridgehead atoms. The molecule has 2 heterocycles. The Bertz CT molecular complexity index is 1040. The Morgan fingerprint density at radius 3 is 2.63 bits per heavy atom. The number of aromatic nitrogens is 2. The van der Waals surface area contributed by atoms with Gasteiger partial charge in [-0.3, -0.25) is 4.79 Å². The summed E-state index contributed by atoms with van der Waals surface area (Å²) < 4.78 is 8.00. The number of imidazole rings is 1. The van der Waals surface area contributed by atoms with Gasteiger partial charge in [0, 0.05) is 19.2 Å². The van der Waals surface area contributed by atoms with Crippen LogP contribution >= 0.6 is 0 Å². The number of para-hydroxylation sites is 2.